The number of rotatable bonds is 8. The third kappa shape index (κ3) is 6.41. The van der Waals surface area contributed by atoms with Gasteiger partial charge in [-0.15, -0.1) is 0 Å². The molecule has 0 atom stereocenters. The van der Waals surface area contributed by atoms with Gasteiger partial charge in [-0.25, -0.2) is 0 Å². The zero-order valence-electron chi connectivity index (χ0n) is 13.5. The van der Waals surface area contributed by atoms with Crippen LogP contribution in [0.15, 0.2) is 24.3 Å². The van der Waals surface area contributed by atoms with Crippen LogP contribution in [0.4, 0.5) is 0 Å². The summed E-state index contributed by atoms with van der Waals surface area (Å²) in [5.74, 6) is 0.530. The molecule has 122 valence electrons. The molecule has 0 unspecified atom stereocenters. The Balaban J connectivity index is 2.38. The van der Waals surface area contributed by atoms with Crippen molar-refractivity contribution in [2.24, 2.45) is 0 Å². The molecule has 1 aromatic carbocycles. The zero-order valence-corrected chi connectivity index (χ0v) is 14.3. The average Bonchev–Trinajstić information content (AvgIpc) is 2.52. The molecule has 0 spiro atoms. The van der Waals surface area contributed by atoms with Crippen LogP contribution in [0.2, 0.25) is 0 Å². The quantitative estimate of drug-likeness (QED) is 0.717. The minimum atomic E-state index is -0.219. The monoisotopic (exact) mass is 323 g/mol. The lowest BCUT2D eigenvalue weighted by Gasteiger charge is -2.18. The molecule has 0 aliphatic heterocycles. The molecule has 0 heterocycles. The fourth-order valence-electron chi connectivity index (χ4n) is 1.96. The van der Waals surface area contributed by atoms with Crippen molar-refractivity contribution in [2.75, 3.05) is 32.8 Å². The molecule has 1 amide bonds. The van der Waals surface area contributed by atoms with E-state index in [0.29, 0.717) is 23.8 Å². The van der Waals surface area contributed by atoms with Crippen molar-refractivity contribution >= 4 is 23.2 Å². The average molecular weight is 323 g/mol. The second-order valence-corrected chi connectivity index (χ2v) is 5.10. The summed E-state index contributed by atoms with van der Waals surface area (Å²) in [5, 5.41) is 6.08. The van der Waals surface area contributed by atoms with E-state index in [1.165, 1.54) is 0 Å². The van der Waals surface area contributed by atoms with Crippen molar-refractivity contribution in [3.05, 3.63) is 29.8 Å². The Hall–Kier alpha value is -1.66. The van der Waals surface area contributed by atoms with Gasteiger partial charge < -0.3 is 15.0 Å². The first-order valence-electron chi connectivity index (χ1n) is 7.65. The van der Waals surface area contributed by atoms with Gasteiger partial charge in [-0.1, -0.05) is 13.8 Å². The van der Waals surface area contributed by atoms with Gasteiger partial charge in [0.2, 0.25) is 0 Å². The van der Waals surface area contributed by atoms with Gasteiger partial charge in [0, 0.05) is 18.7 Å². The third-order valence-corrected chi connectivity index (χ3v) is 3.51. The first-order chi connectivity index (χ1) is 10.6. The minimum absolute atomic E-state index is 0.219. The van der Waals surface area contributed by atoms with Crippen LogP contribution in [-0.2, 0) is 0 Å². The Labute approximate surface area is 138 Å². The number of nitrogens with zero attached hydrogens (tertiary/aromatic N) is 1. The molecule has 0 aliphatic rings. The number of nitrogens with one attached hydrogen (secondary N) is 2. The third-order valence-electron chi connectivity index (χ3n) is 3.26. The molecule has 22 heavy (non-hydrogen) atoms. The predicted octanol–water partition coefficient (Wildman–Crippen LogP) is 2.03. The molecule has 0 bridgehead atoms. The van der Waals surface area contributed by atoms with Gasteiger partial charge in [0.05, 0.1) is 6.61 Å². The van der Waals surface area contributed by atoms with E-state index in [-0.39, 0.29) is 5.91 Å². The molecule has 2 N–H and O–H groups in total. The van der Waals surface area contributed by atoms with Crippen LogP contribution in [0.25, 0.3) is 0 Å². The van der Waals surface area contributed by atoms with Crippen LogP contribution in [0.3, 0.4) is 0 Å². The van der Waals surface area contributed by atoms with Crippen molar-refractivity contribution in [2.45, 2.75) is 20.8 Å². The molecular weight excluding hydrogens is 298 g/mol. The molecule has 0 saturated heterocycles. The fourth-order valence-corrected chi connectivity index (χ4v) is 2.15. The summed E-state index contributed by atoms with van der Waals surface area (Å²) in [5.41, 5.74) is 0.552. The van der Waals surface area contributed by atoms with Gasteiger partial charge in [-0.05, 0) is 56.5 Å². The van der Waals surface area contributed by atoms with Crippen LogP contribution in [-0.4, -0.2) is 48.7 Å². The van der Waals surface area contributed by atoms with Crippen molar-refractivity contribution < 1.29 is 9.53 Å². The van der Waals surface area contributed by atoms with E-state index in [1.54, 1.807) is 24.3 Å². The highest BCUT2D eigenvalue weighted by Gasteiger charge is 2.08. The summed E-state index contributed by atoms with van der Waals surface area (Å²) < 4.78 is 5.34. The molecule has 0 aromatic heterocycles. The van der Waals surface area contributed by atoms with E-state index in [1.807, 2.05) is 6.92 Å². The summed E-state index contributed by atoms with van der Waals surface area (Å²) in [7, 11) is 0. The number of hydrogen-bond acceptors (Lipinski definition) is 4. The van der Waals surface area contributed by atoms with E-state index in [9.17, 15) is 4.79 Å². The molecule has 5 nitrogen and oxygen atoms in total. The summed E-state index contributed by atoms with van der Waals surface area (Å²) >= 11 is 5.14. The SMILES string of the molecule is CCOc1ccc(C(=O)NC(=S)NCCN(CC)CC)cc1. The highest BCUT2D eigenvalue weighted by Crippen LogP contribution is 2.11. The lowest BCUT2D eigenvalue weighted by Crippen LogP contribution is -2.42. The summed E-state index contributed by atoms with van der Waals surface area (Å²) in [6.45, 7) is 10.4. The lowest BCUT2D eigenvalue weighted by atomic mass is 10.2. The van der Waals surface area contributed by atoms with Gasteiger partial charge in [-0.3, -0.25) is 10.1 Å². The number of carbonyl (C=O) groups excluding carboxylic acids is 1. The summed E-state index contributed by atoms with van der Waals surface area (Å²) in [6, 6.07) is 6.99. The molecule has 0 saturated carbocycles. The number of benzene rings is 1. The lowest BCUT2D eigenvalue weighted by molar-refractivity contribution is 0.0976. The van der Waals surface area contributed by atoms with E-state index in [0.717, 1.165) is 25.4 Å². The smallest absolute Gasteiger partial charge is 0.257 e. The number of ether oxygens (including phenoxy) is 1. The number of carbonyl (C=O) groups is 1. The van der Waals surface area contributed by atoms with Gasteiger partial charge in [-0.2, -0.15) is 0 Å². The number of likely N-dealkylation sites (N-methyl/N-ethyl adjacent to an activating group) is 1. The Kier molecular flexibility index (Phi) is 8.47. The van der Waals surface area contributed by atoms with Crippen LogP contribution in [0.1, 0.15) is 31.1 Å². The van der Waals surface area contributed by atoms with Gasteiger partial charge in [0.15, 0.2) is 5.11 Å². The Morgan fingerprint density at radius 2 is 1.82 bits per heavy atom. The molecule has 0 radical (unpaired) electrons. The molecular formula is C16H25N3O2S. The normalized spacial score (nSPS) is 10.4. The summed E-state index contributed by atoms with van der Waals surface area (Å²) in [6.07, 6.45) is 0. The number of hydrogen-bond donors (Lipinski definition) is 2. The highest BCUT2D eigenvalue weighted by molar-refractivity contribution is 7.80. The fraction of sp³-hybridized carbons (Fsp3) is 0.500. The molecule has 0 fully saturated rings. The zero-order chi connectivity index (χ0) is 16.4. The maximum Gasteiger partial charge on any atom is 0.257 e. The molecule has 6 heteroatoms. The van der Waals surface area contributed by atoms with Crippen LogP contribution in [0.5, 0.6) is 5.75 Å². The van der Waals surface area contributed by atoms with Gasteiger partial charge >= 0.3 is 0 Å². The standard InChI is InChI=1S/C16H25N3O2S/c1-4-19(5-2)12-11-17-16(22)18-15(20)13-7-9-14(10-8-13)21-6-3/h7-10H,4-6,11-12H2,1-3H3,(H2,17,18,20,22). The second-order valence-electron chi connectivity index (χ2n) is 4.69. The van der Waals surface area contributed by atoms with Crippen molar-refractivity contribution in [3.63, 3.8) is 0 Å². The van der Waals surface area contributed by atoms with Crippen LogP contribution < -0.4 is 15.4 Å². The second kappa shape index (κ2) is 10.1. The maximum absolute atomic E-state index is 12.0. The van der Waals surface area contributed by atoms with E-state index >= 15 is 0 Å². The Morgan fingerprint density at radius 3 is 2.36 bits per heavy atom. The van der Waals surface area contributed by atoms with Crippen LogP contribution >= 0.6 is 12.2 Å². The van der Waals surface area contributed by atoms with Gasteiger partial charge in [0.1, 0.15) is 5.75 Å². The van der Waals surface area contributed by atoms with Crippen LogP contribution in [0, 0.1) is 0 Å². The van der Waals surface area contributed by atoms with Crippen molar-refractivity contribution in [3.8, 4) is 5.75 Å². The predicted molar refractivity (Wildman–Crippen MR) is 93.5 cm³/mol. The highest BCUT2D eigenvalue weighted by atomic mass is 32.1. The first kappa shape index (κ1) is 18.4. The molecule has 1 rings (SSSR count). The van der Waals surface area contributed by atoms with E-state index in [4.69, 9.17) is 17.0 Å². The van der Waals surface area contributed by atoms with Crippen molar-refractivity contribution in [1.29, 1.82) is 0 Å². The minimum Gasteiger partial charge on any atom is -0.494 e. The maximum atomic E-state index is 12.0. The summed E-state index contributed by atoms with van der Waals surface area (Å²) in [4.78, 5) is 14.3. The van der Waals surface area contributed by atoms with E-state index in [2.05, 4.69) is 29.4 Å². The van der Waals surface area contributed by atoms with Crippen molar-refractivity contribution in [1.82, 2.24) is 15.5 Å². The van der Waals surface area contributed by atoms with Gasteiger partial charge in [0.25, 0.3) is 5.91 Å². The Morgan fingerprint density at radius 1 is 1.18 bits per heavy atom. The largest absolute Gasteiger partial charge is 0.494 e. The van der Waals surface area contributed by atoms with E-state index < -0.39 is 0 Å². The molecule has 1 aromatic rings. The number of thiocarbonyl (C=S) groups is 1. The molecule has 0 aliphatic carbocycles. The number of amides is 1. The topological polar surface area (TPSA) is 53.6 Å². The first-order valence-corrected chi connectivity index (χ1v) is 8.05. The Bertz CT molecular complexity index is 473.